The van der Waals surface area contributed by atoms with E-state index in [1.54, 1.807) is 92.1 Å². The van der Waals surface area contributed by atoms with Crippen LogP contribution in [0.1, 0.15) is 42.2 Å². The summed E-state index contributed by atoms with van der Waals surface area (Å²) in [5.41, 5.74) is 3.25. The molecular formula is C41H34O7. The topological polar surface area (TPSA) is 88.1 Å². The summed E-state index contributed by atoms with van der Waals surface area (Å²) in [6, 6.07) is 39.2. The minimum atomic E-state index is -0.766. The van der Waals surface area contributed by atoms with Crippen LogP contribution in [-0.4, -0.2) is 44.0 Å². The van der Waals surface area contributed by atoms with Gasteiger partial charge < -0.3 is 18.9 Å². The summed E-state index contributed by atoms with van der Waals surface area (Å²) < 4.78 is 22.9. The summed E-state index contributed by atoms with van der Waals surface area (Å²) in [6.45, 7) is 0.0238. The van der Waals surface area contributed by atoms with Crippen molar-refractivity contribution in [1.29, 1.82) is 0 Å². The zero-order valence-corrected chi connectivity index (χ0v) is 26.4. The Morgan fingerprint density at radius 3 is 1.50 bits per heavy atom. The Labute approximate surface area is 279 Å². The molecule has 0 bridgehead atoms. The quantitative estimate of drug-likeness (QED) is 0.0649. The van der Waals surface area contributed by atoms with Gasteiger partial charge in [-0.05, 0) is 83.9 Å². The number of esters is 1. The van der Waals surface area contributed by atoms with Crippen molar-refractivity contribution < 1.29 is 33.3 Å². The van der Waals surface area contributed by atoms with E-state index in [1.165, 1.54) is 12.2 Å². The van der Waals surface area contributed by atoms with E-state index in [9.17, 15) is 14.4 Å². The Morgan fingerprint density at radius 1 is 0.521 bits per heavy atom. The van der Waals surface area contributed by atoms with Gasteiger partial charge in [-0.2, -0.15) is 0 Å². The van der Waals surface area contributed by atoms with Crippen molar-refractivity contribution >= 4 is 29.7 Å². The molecule has 5 rings (SSSR count). The second-order valence-corrected chi connectivity index (χ2v) is 10.6. The van der Waals surface area contributed by atoms with Crippen LogP contribution in [0.5, 0.6) is 17.2 Å². The van der Waals surface area contributed by atoms with Gasteiger partial charge in [0.1, 0.15) is 30.5 Å². The van der Waals surface area contributed by atoms with Crippen LogP contribution in [0.15, 0.2) is 146 Å². The van der Waals surface area contributed by atoms with Crippen LogP contribution in [-0.2, 0) is 4.74 Å². The molecule has 0 aliphatic heterocycles. The van der Waals surface area contributed by atoms with Crippen LogP contribution >= 0.6 is 0 Å². The highest BCUT2D eigenvalue weighted by Crippen LogP contribution is 2.18. The van der Waals surface area contributed by atoms with Crippen molar-refractivity contribution in [3.05, 3.63) is 173 Å². The molecule has 5 aromatic carbocycles. The van der Waals surface area contributed by atoms with E-state index >= 15 is 0 Å². The van der Waals surface area contributed by atoms with Crippen LogP contribution in [0.3, 0.4) is 0 Å². The number of hydrogen-bond acceptors (Lipinski definition) is 7. The first-order valence-corrected chi connectivity index (χ1v) is 15.3. The van der Waals surface area contributed by atoms with E-state index in [2.05, 4.69) is 0 Å². The summed E-state index contributed by atoms with van der Waals surface area (Å²) >= 11 is 0. The lowest BCUT2D eigenvalue weighted by Gasteiger charge is -2.19. The largest absolute Gasteiger partial charge is 0.497 e. The molecule has 0 radical (unpaired) electrons. The lowest BCUT2D eigenvalue weighted by molar-refractivity contribution is 0.00257. The maximum absolute atomic E-state index is 13.0. The van der Waals surface area contributed by atoms with Gasteiger partial charge in [0.15, 0.2) is 17.7 Å². The fraction of sp³-hybridized carbons (Fsp3) is 0.0976. The van der Waals surface area contributed by atoms with E-state index in [0.717, 1.165) is 11.1 Å². The Hall–Kier alpha value is -6.21. The van der Waals surface area contributed by atoms with E-state index in [0.29, 0.717) is 33.9 Å². The van der Waals surface area contributed by atoms with Crippen molar-refractivity contribution in [3.8, 4) is 17.2 Å². The van der Waals surface area contributed by atoms with Crippen molar-refractivity contribution in [1.82, 2.24) is 0 Å². The van der Waals surface area contributed by atoms with E-state index in [-0.39, 0.29) is 24.8 Å². The van der Waals surface area contributed by atoms with Crippen molar-refractivity contribution in [3.63, 3.8) is 0 Å². The van der Waals surface area contributed by atoms with Crippen LogP contribution in [0, 0.1) is 0 Å². The summed E-state index contributed by atoms with van der Waals surface area (Å²) in [7, 11) is 1.55. The summed E-state index contributed by atoms with van der Waals surface area (Å²) in [6.07, 6.45) is 5.81. The molecule has 0 N–H and O–H groups in total. The molecule has 0 saturated heterocycles. The molecule has 1 atom stereocenters. The van der Waals surface area contributed by atoms with Gasteiger partial charge in [0.05, 0.1) is 12.7 Å². The molecule has 0 aromatic heterocycles. The zero-order valence-electron chi connectivity index (χ0n) is 26.4. The molecule has 240 valence electrons. The minimum Gasteiger partial charge on any atom is -0.497 e. The molecule has 0 aliphatic rings. The Morgan fingerprint density at radius 2 is 0.958 bits per heavy atom. The highest BCUT2D eigenvalue weighted by molar-refractivity contribution is 6.07. The lowest BCUT2D eigenvalue weighted by Crippen LogP contribution is -2.31. The van der Waals surface area contributed by atoms with Crippen LogP contribution < -0.4 is 14.2 Å². The molecule has 0 aliphatic carbocycles. The first-order valence-electron chi connectivity index (χ1n) is 15.3. The molecular weight excluding hydrogens is 604 g/mol. The van der Waals surface area contributed by atoms with Crippen LogP contribution in [0.2, 0.25) is 0 Å². The molecule has 0 spiro atoms. The van der Waals surface area contributed by atoms with Gasteiger partial charge in [0.2, 0.25) is 0 Å². The molecule has 7 nitrogen and oxygen atoms in total. The zero-order chi connectivity index (χ0) is 33.6. The van der Waals surface area contributed by atoms with Crippen molar-refractivity contribution in [2.45, 2.75) is 6.10 Å². The SMILES string of the molecule is COc1ccc(C(=O)O[C@H](COc2ccc(/C=C\C(=O)c3ccccc3)cc2)COc2ccc(C(=O)/C=C\c3ccccc3)cc2)cc1. The Kier molecular flexibility index (Phi) is 11.7. The number of methoxy groups -OCH3 is 1. The van der Waals surface area contributed by atoms with Crippen LogP contribution in [0.25, 0.3) is 12.2 Å². The number of carbonyl (C=O) groups excluding carboxylic acids is 3. The first-order chi connectivity index (χ1) is 23.5. The standard InChI is InChI=1S/C41H34O7/c1-45-35-22-18-34(19-23-35)41(44)48-38(28-46-36-20-12-31(13-21-36)15-27-39(42)32-10-6-3-7-11-32)29-47-37-24-16-33(17-25-37)40(43)26-14-30-8-4-2-5-9-30/h2-27,38H,28-29H2,1H3/b26-14-,27-15-/t38-/m1/s1. The molecule has 48 heavy (non-hydrogen) atoms. The predicted octanol–water partition coefficient (Wildman–Crippen LogP) is 8.17. The molecule has 0 amide bonds. The fourth-order valence-corrected chi connectivity index (χ4v) is 4.53. The predicted molar refractivity (Wildman–Crippen MR) is 186 cm³/mol. The van der Waals surface area contributed by atoms with Gasteiger partial charge in [-0.25, -0.2) is 4.79 Å². The molecule has 0 heterocycles. The lowest BCUT2D eigenvalue weighted by atomic mass is 10.1. The average Bonchev–Trinajstić information content (AvgIpc) is 3.15. The second-order valence-electron chi connectivity index (χ2n) is 10.6. The summed E-state index contributed by atoms with van der Waals surface area (Å²) in [5, 5.41) is 0. The normalized spacial score (nSPS) is 11.6. The molecule has 0 fully saturated rings. The maximum atomic E-state index is 13.0. The average molecular weight is 639 g/mol. The molecule has 0 saturated carbocycles. The third-order valence-electron chi connectivity index (χ3n) is 7.20. The molecule has 0 unspecified atom stereocenters. The fourth-order valence-electron chi connectivity index (χ4n) is 4.53. The summed E-state index contributed by atoms with van der Waals surface area (Å²) in [5.74, 6) is 0.927. The number of hydrogen-bond donors (Lipinski definition) is 0. The van der Waals surface area contributed by atoms with Gasteiger partial charge in [-0.1, -0.05) is 84.9 Å². The number of carbonyl (C=O) groups is 3. The van der Waals surface area contributed by atoms with Gasteiger partial charge >= 0.3 is 5.97 Å². The number of ether oxygens (including phenoxy) is 4. The van der Waals surface area contributed by atoms with Gasteiger partial charge in [0.25, 0.3) is 0 Å². The van der Waals surface area contributed by atoms with E-state index in [1.807, 2.05) is 60.7 Å². The third-order valence-corrected chi connectivity index (χ3v) is 7.20. The van der Waals surface area contributed by atoms with E-state index < -0.39 is 12.1 Å². The minimum absolute atomic E-state index is 0.00547. The first kappa shape index (κ1) is 33.2. The van der Waals surface area contributed by atoms with Crippen molar-refractivity contribution in [2.24, 2.45) is 0 Å². The Bertz CT molecular complexity index is 1840. The number of allylic oxidation sites excluding steroid dienone is 2. The monoisotopic (exact) mass is 638 g/mol. The Balaban J connectivity index is 1.20. The van der Waals surface area contributed by atoms with Gasteiger partial charge in [0, 0.05) is 11.1 Å². The third kappa shape index (κ3) is 9.89. The van der Waals surface area contributed by atoms with Crippen LogP contribution in [0.4, 0.5) is 0 Å². The molecule has 7 heteroatoms. The molecule has 5 aromatic rings. The smallest absolute Gasteiger partial charge is 0.338 e. The van der Waals surface area contributed by atoms with Gasteiger partial charge in [-0.15, -0.1) is 0 Å². The second kappa shape index (κ2) is 16.9. The summed E-state index contributed by atoms with van der Waals surface area (Å²) in [4.78, 5) is 38.0. The highest BCUT2D eigenvalue weighted by Gasteiger charge is 2.19. The maximum Gasteiger partial charge on any atom is 0.338 e. The number of ketones is 2. The number of rotatable bonds is 15. The highest BCUT2D eigenvalue weighted by atomic mass is 16.6. The number of benzene rings is 5. The van der Waals surface area contributed by atoms with Crippen molar-refractivity contribution in [2.75, 3.05) is 20.3 Å². The van der Waals surface area contributed by atoms with Gasteiger partial charge in [-0.3, -0.25) is 9.59 Å². The van der Waals surface area contributed by atoms with E-state index in [4.69, 9.17) is 18.9 Å².